The Balaban J connectivity index is 1.68. The Hall–Kier alpha value is -4.76. The minimum Gasteiger partial charge on any atom is -0.292 e. The predicted molar refractivity (Wildman–Crippen MR) is 164 cm³/mol. The highest BCUT2D eigenvalue weighted by atomic mass is 15.1. The summed E-state index contributed by atoms with van der Waals surface area (Å²) in [5, 5.41) is 2.45. The number of hydrogen-bond acceptors (Lipinski definition) is 2. The number of nitrogens with zero attached hydrogens (tertiary/aromatic N) is 3. The molecule has 2 heterocycles. The van der Waals surface area contributed by atoms with Gasteiger partial charge in [0.05, 0.1) is 22.1 Å². The van der Waals surface area contributed by atoms with Crippen LogP contribution >= 0.6 is 0 Å². The van der Waals surface area contributed by atoms with Crippen LogP contribution in [-0.4, -0.2) is 14.5 Å². The lowest BCUT2D eigenvalue weighted by Crippen LogP contribution is -2.17. The SMILES string of the molecule is C=C/C=C\C1=C(C)C(C)(C)c2c1ccc1c3ccccc3n(-c3nc4ccccc4nc3-c3ccccc3)c21. The van der Waals surface area contributed by atoms with Crippen molar-refractivity contribution in [1.82, 2.24) is 14.5 Å². The molecule has 0 radical (unpaired) electrons. The van der Waals surface area contributed by atoms with Gasteiger partial charge in [-0.25, -0.2) is 9.97 Å². The molecule has 0 saturated carbocycles. The van der Waals surface area contributed by atoms with Crippen LogP contribution in [0.4, 0.5) is 0 Å². The summed E-state index contributed by atoms with van der Waals surface area (Å²) in [6.45, 7) is 10.8. The van der Waals surface area contributed by atoms with E-state index in [9.17, 15) is 0 Å². The summed E-state index contributed by atoms with van der Waals surface area (Å²) in [5.41, 5.74) is 11.1. The maximum Gasteiger partial charge on any atom is 0.165 e. The Morgan fingerprint density at radius 2 is 1.46 bits per heavy atom. The van der Waals surface area contributed by atoms with Crippen molar-refractivity contribution in [1.29, 1.82) is 0 Å². The smallest absolute Gasteiger partial charge is 0.165 e. The third-order valence-electron chi connectivity index (χ3n) is 8.30. The molecular formula is C36H29N3. The molecule has 3 heteroatoms. The molecule has 0 amide bonds. The number of para-hydroxylation sites is 3. The van der Waals surface area contributed by atoms with Gasteiger partial charge < -0.3 is 0 Å². The zero-order valence-corrected chi connectivity index (χ0v) is 22.4. The third kappa shape index (κ3) is 3.36. The Morgan fingerprint density at radius 1 is 0.769 bits per heavy atom. The van der Waals surface area contributed by atoms with Crippen LogP contribution in [0, 0.1) is 0 Å². The minimum atomic E-state index is -0.168. The highest BCUT2D eigenvalue weighted by Gasteiger charge is 2.38. The van der Waals surface area contributed by atoms with Gasteiger partial charge in [-0.2, -0.15) is 0 Å². The van der Waals surface area contributed by atoms with Crippen LogP contribution in [0.1, 0.15) is 31.9 Å². The van der Waals surface area contributed by atoms with E-state index in [4.69, 9.17) is 9.97 Å². The number of aromatic nitrogens is 3. The first-order valence-corrected chi connectivity index (χ1v) is 13.4. The quantitative estimate of drug-likeness (QED) is 0.225. The molecule has 6 aromatic rings. The first-order chi connectivity index (χ1) is 19.0. The predicted octanol–water partition coefficient (Wildman–Crippen LogP) is 9.20. The molecule has 0 aliphatic heterocycles. The van der Waals surface area contributed by atoms with Crippen LogP contribution in [-0.2, 0) is 5.41 Å². The Bertz CT molecular complexity index is 2000. The van der Waals surface area contributed by atoms with Gasteiger partial charge in [-0.1, -0.05) is 117 Å². The van der Waals surface area contributed by atoms with Crippen molar-refractivity contribution < 1.29 is 0 Å². The van der Waals surface area contributed by atoms with Gasteiger partial charge in [0.15, 0.2) is 5.82 Å². The van der Waals surface area contributed by atoms with E-state index < -0.39 is 0 Å². The van der Waals surface area contributed by atoms with E-state index in [1.54, 1.807) is 0 Å². The number of benzene rings is 4. The van der Waals surface area contributed by atoms with Gasteiger partial charge in [-0.3, -0.25) is 4.57 Å². The van der Waals surface area contributed by atoms with Gasteiger partial charge >= 0.3 is 0 Å². The lowest BCUT2D eigenvalue weighted by molar-refractivity contribution is 0.642. The molecule has 1 aliphatic rings. The molecule has 2 aromatic heterocycles. The summed E-state index contributed by atoms with van der Waals surface area (Å²) in [6.07, 6.45) is 6.07. The standard InChI is InChI=1S/C36H29N3/c1-5-6-16-25-23(2)36(3,4)32-27(25)21-22-28-26-17-10-13-20-31(26)39(34(28)32)35-33(24-14-8-7-9-15-24)37-29-18-11-12-19-30(29)38-35/h5-22H,1H2,2-4H3/b16-6-. The first-order valence-electron chi connectivity index (χ1n) is 13.4. The maximum atomic E-state index is 5.31. The third-order valence-corrected chi connectivity index (χ3v) is 8.30. The molecule has 0 bridgehead atoms. The molecule has 0 atom stereocenters. The van der Waals surface area contributed by atoms with Gasteiger partial charge in [0.25, 0.3) is 0 Å². The van der Waals surface area contributed by atoms with Crippen molar-refractivity contribution in [2.24, 2.45) is 0 Å². The molecule has 7 rings (SSSR count). The second kappa shape index (κ2) is 8.64. The van der Waals surface area contributed by atoms with Crippen molar-refractivity contribution in [2.75, 3.05) is 0 Å². The molecule has 0 fully saturated rings. The second-order valence-electron chi connectivity index (χ2n) is 10.7. The molecule has 1 aliphatic carbocycles. The second-order valence-corrected chi connectivity index (χ2v) is 10.7. The van der Waals surface area contributed by atoms with E-state index in [2.05, 4.69) is 98.7 Å². The van der Waals surface area contributed by atoms with Crippen molar-refractivity contribution in [3.05, 3.63) is 133 Å². The fraction of sp³-hybridized carbons (Fsp3) is 0.111. The number of allylic oxidation sites excluding steroid dienone is 5. The number of hydrogen-bond donors (Lipinski definition) is 0. The number of rotatable bonds is 4. The Kier molecular flexibility index (Phi) is 5.18. The van der Waals surface area contributed by atoms with E-state index in [1.807, 2.05) is 42.5 Å². The molecule has 4 aromatic carbocycles. The molecule has 0 unspecified atom stereocenters. The van der Waals surface area contributed by atoms with Crippen LogP contribution in [0.2, 0.25) is 0 Å². The zero-order valence-electron chi connectivity index (χ0n) is 22.4. The van der Waals surface area contributed by atoms with Crippen molar-refractivity contribution >= 4 is 38.4 Å². The fourth-order valence-corrected chi connectivity index (χ4v) is 6.18. The lowest BCUT2D eigenvalue weighted by Gasteiger charge is -2.24. The molecule has 0 spiro atoms. The normalized spacial score (nSPS) is 14.6. The Morgan fingerprint density at radius 3 is 2.23 bits per heavy atom. The van der Waals surface area contributed by atoms with E-state index in [1.165, 1.54) is 38.6 Å². The molecule has 0 saturated heterocycles. The van der Waals surface area contributed by atoms with E-state index in [-0.39, 0.29) is 5.41 Å². The van der Waals surface area contributed by atoms with Crippen molar-refractivity contribution in [2.45, 2.75) is 26.2 Å². The first kappa shape index (κ1) is 23.4. The molecule has 39 heavy (non-hydrogen) atoms. The Labute approximate surface area is 228 Å². The van der Waals surface area contributed by atoms with Crippen molar-refractivity contribution in [3.63, 3.8) is 0 Å². The van der Waals surface area contributed by atoms with Gasteiger partial charge in [0.2, 0.25) is 0 Å². The van der Waals surface area contributed by atoms with Crippen LogP contribution < -0.4 is 0 Å². The highest BCUT2D eigenvalue weighted by Crippen LogP contribution is 2.51. The zero-order chi connectivity index (χ0) is 26.7. The molecular weight excluding hydrogens is 474 g/mol. The minimum absolute atomic E-state index is 0.168. The summed E-state index contributed by atoms with van der Waals surface area (Å²) in [6, 6.07) is 31.8. The average molecular weight is 504 g/mol. The topological polar surface area (TPSA) is 30.7 Å². The van der Waals surface area contributed by atoms with E-state index in [0.29, 0.717) is 0 Å². The summed E-state index contributed by atoms with van der Waals surface area (Å²) >= 11 is 0. The summed E-state index contributed by atoms with van der Waals surface area (Å²) in [5.74, 6) is 0.850. The summed E-state index contributed by atoms with van der Waals surface area (Å²) in [4.78, 5) is 10.5. The van der Waals surface area contributed by atoms with Crippen molar-refractivity contribution in [3.8, 4) is 17.1 Å². The van der Waals surface area contributed by atoms with Crippen LogP contribution in [0.5, 0.6) is 0 Å². The lowest BCUT2D eigenvalue weighted by atomic mass is 9.81. The fourth-order valence-electron chi connectivity index (χ4n) is 6.18. The maximum absolute atomic E-state index is 5.31. The number of fused-ring (bicyclic) bond motifs is 6. The average Bonchev–Trinajstić information content (AvgIpc) is 3.40. The monoisotopic (exact) mass is 503 g/mol. The molecule has 0 N–H and O–H groups in total. The highest BCUT2D eigenvalue weighted by molar-refractivity contribution is 6.13. The van der Waals surface area contributed by atoms with Crippen LogP contribution in [0.25, 0.3) is 55.5 Å². The van der Waals surface area contributed by atoms with Gasteiger partial charge in [-0.15, -0.1) is 0 Å². The molecule has 188 valence electrons. The van der Waals surface area contributed by atoms with E-state index in [0.717, 1.165) is 33.6 Å². The van der Waals surface area contributed by atoms with Crippen LogP contribution in [0.3, 0.4) is 0 Å². The summed E-state index contributed by atoms with van der Waals surface area (Å²) in [7, 11) is 0. The van der Waals surface area contributed by atoms with Gasteiger partial charge in [0.1, 0.15) is 5.69 Å². The largest absolute Gasteiger partial charge is 0.292 e. The van der Waals surface area contributed by atoms with Gasteiger partial charge in [0, 0.05) is 21.8 Å². The van der Waals surface area contributed by atoms with Gasteiger partial charge in [-0.05, 0) is 41.8 Å². The molecule has 3 nitrogen and oxygen atoms in total. The van der Waals surface area contributed by atoms with E-state index >= 15 is 0 Å². The summed E-state index contributed by atoms with van der Waals surface area (Å²) < 4.78 is 2.36. The van der Waals surface area contributed by atoms with Crippen LogP contribution in [0.15, 0.2) is 121 Å².